The summed E-state index contributed by atoms with van der Waals surface area (Å²) in [6.07, 6.45) is -4.79. The molecule has 0 heterocycles. The number of hydrogen-bond donors (Lipinski definition) is 0. The zero-order valence-electron chi connectivity index (χ0n) is 12.4. The molecule has 7 heteroatoms. The molecule has 0 saturated carbocycles. The van der Waals surface area contributed by atoms with Gasteiger partial charge in [-0.1, -0.05) is 18.2 Å². The number of para-hydroxylation sites is 1. The second-order valence-electron chi connectivity index (χ2n) is 4.40. The lowest BCUT2D eigenvalue weighted by molar-refractivity contribution is -0.275. The first-order valence-corrected chi connectivity index (χ1v) is 6.94. The molecule has 0 radical (unpaired) electrons. The maximum atomic E-state index is 12.4. The SMILES string of the molecule is CCOC(CC(C=O)c1ccccc1OC(F)(F)F)OCC. The second kappa shape index (κ2) is 8.75. The van der Waals surface area contributed by atoms with Gasteiger partial charge in [0.05, 0.1) is 0 Å². The van der Waals surface area contributed by atoms with Crippen molar-refractivity contribution in [1.29, 1.82) is 0 Å². The molecule has 0 N–H and O–H groups in total. The second-order valence-corrected chi connectivity index (χ2v) is 4.40. The van der Waals surface area contributed by atoms with E-state index in [0.29, 0.717) is 19.5 Å². The zero-order valence-corrected chi connectivity index (χ0v) is 12.4. The Morgan fingerprint density at radius 2 is 1.73 bits per heavy atom. The number of carbonyl (C=O) groups is 1. The molecule has 0 aliphatic heterocycles. The van der Waals surface area contributed by atoms with Gasteiger partial charge in [-0.2, -0.15) is 0 Å². The van der Waals surface area contributed by atoms with Crippen molar-refractivity contribution in [1.82, 2.24) is 0 Å². The van der Waals surface area contributed by atoms with E-state index in [-0.39, 0.29) is 17.7 Å². The monoisotopic (exact) mass is 320 g/mol. The molecule has 124 valence electrons. The van der Waals surface area contributed by atoms with Gasteiger partial charge in [-0.15, -0.1) is 13.2 Å². The van der Waals surface area contributed by atoms with E-state index in [1.165, 1.54) is 18.2 Å². The number of carbonyl (C=O) groups excluding carboxylic acids is 1. The van der Waals surface area contributed by atoms with Crippen LogP contribution in [-0.2, 0) is 14.3 Å². The Morgan fingerprint density at radius 3 is 2.23 bits per heavy atom. The van der Waals surface area contributed by atoms with E-state index in [9.17, 15) is 18.0 Å². The Bertz CT molecular complexity index is 456. The highest BCUT2D eigenvalue weighted by atomic mass is 19.4. The van der Waals surface area contributed by atoms with Crippen molar-refractivity contribution >= 4 is 6.29 Å². The molecular weight excluding hydrogens is 301 g/mol. The van der Waals surface area contributed by atoms with Crippen LogP contribution in [0.1, 0.15) is 31.7 Å². The normalized spacial score (nSPS) is 13.2. The molecular formula is C15H19F3O4. The molecule has 0 spiro atoms. The Labute approximate surface area is 127 Å². The summed E-state index contributed by atoms with van der Waals surface area (Å²) in [5, 5.41) is 0. The van der Waals surface area contributed by atoms with Gasteiger partial charge in [0.15, 0.2) is 6.29 Å². The number of halogens is 3. The lowest BCUT2D eigenvalue weighted by atomic mass is 9.96. The highest BCUT2D eigenvalue weighted by molar-refractivity contribution is 5.64. The molecule has 0 fully saturated rings. The van der Waals surface area contributed by atoms with E-state index in [1.807, 2.05) is 0 Å². The lowest BCUT2D eigenvalue weighted by Gasteiger charge is -2.22. The van der Waals surface area contributed by atoms with Crippen molar-refractivity contribution in [3.05, 3.63) is 29.8 Å². The summed E-state index contributed by atoms with van der Waals surface area (Å²) in [5.74, 6) is -1.21. The number of ether oxygens (including phenoxy) is 3. The number of benzene rings is 1. The van der Waals surface area contributed by atoms with Gasteiger partial charge in [0.25, 0.3) is 0 Å². The average Bonchev–Trinajstić information content (AvgIpc) is 2.44. The van der Waals surface area contributed by atoms with E-state index in [0.717, 1.165) is 0 Å². The number of alkyl halides is 3. The van der Waals surface area contributed by atoms with Gasteiger partial charge in [-0.3, -0.25) is 0 Å². The van der Waals surface area contributed by atoms with Crippen LogP contribution in [0.5, 0.6) is 5.75 Å². The van der Waals surface area contributed by atoms with E-state index < -0.39 is 18.6 Å². The van der Waals surface area contributed by atoms with Crippen LogP contribution in [0.4, 0.5) is 13.2 Å². The van der Waals surface area contributed by atoms with Crippen molar-refractivity contribution in [3.63, 3.8) is 0 Å². The molecule has 1 aromatic carbocycles. The topological polar surface area (TPSA) is 44.8 Å². The minimum absolute atomic E-state index is 0.114. The van der Waals surface area contributed by atoms with Crippen LogP contribution in [0, 0.1) is 0 Å². The van der Waals surface area contributed by atoms with Crippen LogP contribution < -0.4 is 4.74 Å². The fourth-order valence-corrected chi connectivity index (χ4v) is 2.02. The molecule has 0 saturated heterocycles. The first-order valence-electron chi connectivity index (χ1n) is 6.94. The van der Waals surface area contributed by atoms with Crippen LogP contribution in [0.15, 0.2) is 24.3 Å². The van der Waals surface area contributed by atoms with Crippen LogP contribution in [0.2, 0.25) is 0 Å². The molecule has 0 aliphatic rings. The Hall–Kier alpha value is -1.60. The molecule has 1 aromatic rings. The smallest absolute Gasteiger partial charge is 0.405 e. The lowest BCUT2D eigenvalue weighted by Crippen LogP contribution is -2.23. The first-order chi connectivity index (χ1) is 10.4. The Kier molecular flexibility index (Phi) is 7.34. The van der Waals surface area contributed by atoms with Crippen LogP contribution >= 0.6 is 0 Å². The van der Waals surface area contributed by atoms with E-state index >= 15 is 0 Å². The third kappa shape index (κ3) is 6.03. The molecule has 0 amide bonds. The predicted molar refractivity (Wildman–Crippen MR) is 73.6 cm³/mol. The fourth-order valence-electron chi connectivity index (χ4n) is 2.02. The maximum absolute atomic E-state index is 12.4. The Morgan fingerprint density at radius 1 is 1.14 bits per heavy atom. The summed E-state index contributed by atoms with van der Waals surface area (Å²) in [6.45, 7) is 4.28. The summed E-state index contributed by atoms with van der Waals surface area (Å²) >= 11 is 0. The standard InChI is InChI=1S/C15H19F3O4/c1-3-20-14(21-4-2)9-11(10-19)12-7-5-6-8-13(12)22-15(16,17)18/h5-8,10-11,14H,3-4,9H2,1-2H3. The third-order valence-corrected chi connectivity index (χ3v) is 2.86. The van der Waals surface area contributed by atoms with Crippen LogP contribution in [0.3, 0.4) is 0 Å². The summed E-state index contributed by atoms with van der Waals surface area (Å²) < 4.78 is 51.9. The minimum atomic E-state index is -4.82. The summed E-state index contributed by atoms with van der Waals surface area (Å²) in [7, 11) is 0. The zero-order chi connectivity index (χ0) is 16.6. The predicted octanol–water partition coefficient (Wildman–Crippen LogP) is 3.66. The summed E-state index contributed by atoms with van der Waals surface area (Å²) in [6, 6.07) is 5.56. The highest BCUT2D eigenvalue weighted by Crippen LogP contribution is 2.33. The molecule has 1 atom stereocenters. The molecule has 22 heavy (non-hydrogen) atoms. The van der Waals surface area contributed by atoms with Gasteiger partial charge < -0.3 is 19.0 Å². The van der Waals surface area contributed by atoms with E-state index in [4.69, 9.17) is 9.47 Å². The van der Waals surface area contributed by atoms with Gasteiger partial charge in [-0.05, 0) is 19.9 Å². The highest BCUT2D eigenvalue weighted by Gasteiger charge is 2.33. The molecule has 1 unspecified atom stereocenters. The van der Waals surface area contributed by atoms with Gasteiger partial charge >= 0.3 is 6.36 Å². The first kappa shape index (κ1) is 18.4. The van der Waals surface area contributed by atoms with Gasteiger partial charge in [-0.25, -0.2) is 0 Å². The van der Waals surface area contributed by atoms with Crippen molar-refractivity contribution in [2.45, 2.75) is 38.8 Å². The number of aldehydes is 1. The quantitative estimate of drug-likeness (QED) is 0.514. The van der Waals surface area contributed by atoms with E-state index in [1.54, 1.807) is 19.9 Å². The average molecular weight is 320 g/mol. The molecule has 1 rings (SSSR count). The molecule has 4 nitrogen and oxygen atoms in total. The molecule has 0 aliphatic carbocycles. The van der Waals surface area contributed by atoms with Crippen molar-refractivity contribution in [3.8, 4) is 5.75 Å². The van der Waals surface area contributed by atoms with Gasteiger partial charge in [0.2, 0.25) is 0 Å². The summed E-state index contributed by atoms with van der Waals surface area (Å²) in [4.78, 5) is 11.3. The van der Waals surface area contributed by atoms with Gasteiger partial charge in [0, 0.05) is 31.1 Å². The van der Waals surface area contributed by atoms with Crippen molar-refractivity contribution in [2.75, 3.05) is 13.2 Å². The Balaban J connectivity index is 2.96. The van der Waals surface area contributed by atoms with Crippen molar-refractivity contribution in [2.24, 2.45) is 0 Å². The van der Waals surface area contributed by atoms with Crippen LogP contribution in [0.25, 0.3) is 0 Å². The number of hydrogen-bond acceptors (Lipinski definition) is 4. The van der Waals surface area contributed by atoms with Crippen molar-refractivity contribution < 1.29 is 32.2 Å². The largest absolute Gasteiger partial charge is 0.573 e. The third-order valence-electron chi connectivity index (χ3n) is 2.86. The number of rotatable bonds is 9. The minimum Gasteiger partial charge on any atom is -0.405 e. The molecule has 0 bridgehead atoms. The maximum Gasteiger partial charge on any atom is 0.573 e. The van der Waals surface area contributed by atoms with Gasteiger partial charge in [0.1, 0.15) is 12.0 Å². The van der Waals surface area contributed by atoms with Crippen LogP contribution in [-0.4, -0.2) is 32.2 Å². The van der Waals surface area contributed by atoms with E-state index in [2.05, 4.69) is 4.74 Å². The molecule has 0 aromatic heterocycles. The summed E-state index contributed by atoms with van der Waals surface area (Å²) in [5.41, 5.74) is 0.152. The fraction of sp³-hybridized carbons (Fsp3) is 0.533.